The van der Waals surface area contributed by atoms with Crippen molar-refractivity contribution in [1.82, 2.24) is 9.97 Å². The van der Waals surface area contributed by atoms with Crippen LogP contribution in [0.3, 0.4) is 0 Å². The second kappa shape index (κ2) is 6.96. The molecule has 2 atom stereocenters. The Bertz CT molecular complexity index is 393. The molecule has 1 aliphatic rings. The van der Waals surface area contributed by atoms with Gasteiger partial charge in [0.25, 0.3) is 0 Å². The average molecular weight is 282 g/mol. The molecular weight excluding hydrogens is 260 g/mol. The maximum absolute atomic E-state index is 5.70. The van der Waals surface area contributed by atoms with Crippen LogP contribution in [0.5, 0.6) is 0 Å². The van der Waals surface area contributed by atoms with E-state index < -0.39 is 0 Å². The Balaban J connectivity index is 1.98. The summed E-state index contributed by atoms with van der Waals surface area (Å²) in [5.41, 5.74) is 0. The van der Waals surface area contributed by atoms with Gasteiger partial charge in [0.2, 0.25) is 0 Å². The second-order valence-corrected chi connectivity index (χ2v) is 5.40. The summed E-state index contributed by atoms with van der Waals surface area (Å²) in [6.07, 6.45) is 4.58. The summed E-state index contributed by atoms with van der Waals surface area (Å²) in [6, 6.07) is 1.94. The van der Waals surface area contributed by atoms with E-state index in [2.05, 4.69) is 27.5 Å². The zero-order chi connectivity index (χ0) is 13.7. The third-order valence-corrected chi connectivity index (χ3v) is 3.99. The molecule has 0 radical (unpaired) electrons. The number of nitrogens with zero attached hydrogens (tertiary/aromatic N) is 2. The summed E-state index contributed by atoms with van der Waals surface area (Å²) in [6.45, 7) is 3.97. The Labute approximate surface area is 118 Å². The van der Waals surface area contributed by atoms with Crippen molar-refractivity contribution in [2.24, 2.45) is 5.92 Å². The molecule has 1 aliphatic heterocycles. The van der Waals surface area contributed by atoms with E-state index in [1.807, 2.05) is 19.4 Å². The fourth-order valence-electron chi connectivity index (χ4n) is 2.35. The first-order valence-electron chi connectivity index (χ1n) is 6.73. The molecule has 2 unspecified atom stereocenters. The van der Waals surface area contributed by atoms with E-state index in [9.17, 15) is 0 Å². The van der Waals surface area contributed by atoms with Crippen LogP contribution in [-0.2, 0) is 4.74 Å². The van der Waals surface area contributed by atoms with Gasteiger partial charge in [-0.05, 0) is 19.1 Å². The maximum atomic E-state index is 5.70. The highest BCUT2D eigenvalue weighted by molar-refractivity contribution is 7.98. The maximum Gasteiger partial charge on any atom is 0.191 e. The Morgan fingerprint density at radius 1 is 1.42 bits per heavy atom. The van der Waals surface area contributed by atoms with Crippen LogP contribution in [0.15, 0.2) is 11.2 Å². The van der Waals surface area contributed by atoms with Gasteiger partial charge in [-0.1, -0.05) is 18.7 Å². The number of nitrogens with one attached hydrogen (secondary N) is 2. The molecule has 19 heavy (non-hydrogen) atoms. The predicted molar refractivity (Wildman–Crippen MR) is 80.0 cm³/mol. The lowest BCUT2D eigenvalue weighted by Gasteiger charge is -2.18. The van der Waals surface area contributed by atoms with Gasteiger partial charge >= 0.3 is 0 Å². The van der Waals surface area contributed by atoms with Crippen molar-refractivity contribution in [3.05, 3.63) is 6.07 Å². The molecule has 2 heterocycles. The SMILES string of the molecule is CCC1OCCC1CNc1cc(NC)nc(SC)n1. The molecular formula is C13H22N4OS. The van der Waals surface area contributed by atoms with Gasteiger partial charge in [0.15, 0.2) is 5.16 Å². The van der Waals surface area contributed by atoms with Gasteiger partial charge in [0.1, 0.15) is 11.6 Å². The lowest BCUT2D eigenvalue weighted by molar-refractivity contribution is 0.0900. The number of rotatable bonds is 6. The molecule has 1 fully saturated rings. The van der Waals surface area contributed by atoms with Gasteiger partial charge in [-0.15, -0.1) is 0 Å². The Hall–Kier alpha value is -1.01. The van der Waals surface area contributed by atoms with Crippen molar-refractivity contribution in [3.63, 3.8) is 0 Å². The molecule has 1 aromatic heterocycles. The molecule has 0 saturated carbocycles. The van der Waals surface area contributed by atoms with Gasteiger partial charge in [0.05, 0.1) is 6.10 Å². The molecule has 1 aromatic rings. The number of ether oxygens (including phenoxy) is 1. The van der Waals surface area contributed by atoms with Crippen LogP contribution in [0, 0.1) is 5.92 Å². The van der Waals surface area contributed by atoms with E-state index in [1.54, 1.807) is 11.8 Å². The molecule has 2 N–H and O–H groups in total. The minimum absolute atomic E-state index is 0.387. The molecule has 5 nitrogen and oxygen atoms in total. The van der Waals surface area contributed by atoms with Gasteiger partial charge in [0, 0.05) is 32.2 Å². The Morgan fingerprint density at radius 2 is 2.21 bits per heavy atom. The standard InChI is InChI=1S/C13H22N4OS/c1-4-10-9(5-6-18-10)8-15-12-7-11(14-2)16-13(17-12)19-3/h7,9-10H,4-6,8H2,1-3H3,(H2,14,15,16,17). The molecule has 0 spiro atoms. The van der Waals surface area contributed by atoms with Crippen LogP contribution in [0.4, 0.5) is 11.6 Å². The highest BCUT2D eigenvalue weighted by atomic mass is 32.2. The first-order chi connectivity index (χ1) is 9.26. The van der Waals surface area contributed by atoms with Crippen LogP contribution >= 0.6 is 11.8 Å². The summed E-state index contributed by atoms with van der Waals surface area (Å²) in [4.78, 5) is 8.83. The number of thioether (sulfide) groups is 1. The van der Waals surface area contributed by atoms with Crippen LogP contribution < -0.4 is 10.6 Å². The summed E-state index contributed by atoms with van der Waals surface area (Å²) >= 11 is 1.55. The minimum Gasteiger partial charge on any atom is -0.378 e. The fourth-order valence-corrected chi connectivity index (χ4v) is 2.73. The molecule has 0 aliphatic carbocycles. The first-order valence-corrected chi connectivity index (χ1v) is 7.95. The van der Waals surface area contributed by atoms with Crippen molar-refractivity contribution in [2.45, 2.75) is 31.0 Å². The lowest BCUT2D eigenvalue weighted by atomic mass is 10.00. The Kier molecular flexibility index (Phi) is 5.27. The van der Waals surface area contributed by atoms with Crippen molar-refractivity contribution < 1.29 is 4.74 Å². The zero-order valence-corrected chi connectivity index (χ0v) is 12.6. The smallest absolute Gasteiger partial charge is 0.191 e. The van der Waals surface area contributed by atoms with Gasteiger partial charge in [-0.3, -0.25) is 0 Å². The molecule has 0 amide bonds. The molecule has 1 saturated heterocycles. The number of anilines is 2. The van der Waals surface area contributed by atoms with E-state index in [-0.39, 0.29) is 0 Å². The van der Waals surface area contributed by atoms with Crippen molar-refractivity contribution in [3.8, 4) is 0 Å². The van der Waals surface area contributed by atoms with Crippen LogP contribution in [0.2, 0.25) is 0 Å². The van der Waals surface area contributed by atoms with E-state index in [0.717, 1.165) is 42.8 Å². The van der Waals surface area contributed by atoms with Crippen molar-refractivity contribution in [1.29, 1.82) is 0 Å². The number of aromatic nitrogens is 2. The normalized spacial score (nSPS) is 22.5. The van der Waals surface area contributed by atoms with Crippen LogP contribution in [0.1, 0.15) is 19.8 Å². The van der Waals surface area contributed by atoms with E-state index >= 15 is 0 Å². The monoisotopic (exact) mass is 282 g/mol. The quantitative estimate of drug-likeness (QED) is 0.617. The largest absolute Gasteiger partial charge is 0.378 e. The highest BCUT2D eigenvalue weighted by Gasteiger charge is 2.26. The summed E-state index contributed by atoms with van der Waals surface area (Å²) in [7, 11) is 1.87. The van der Waals surface area contributed by atoms with Crippen LogP contribution in [-0.4, -0.2) is 42.5 Å². The Morgan fingerprint density at radius 3 is 2.89 bits per heavy atom. The second-order valence-electron chi connectivity index (χ2n) is 4.62. The highest BCUT2D eigenvalue weighted by Crippen LogP contribution is 2.24. The fraction of sp³-hybridized carbons (Fsp3) is 0.692. The summed E-state index contributed by atoms with van der Waals surface area (Å²) in [5, 5.41) is 7.26. The first kappa shape index (κ1) is 14.4. The lowest BCUT2D eigenvalue weighted by Crippen LogP contribution is -2.23. The van der Waals surface area contributed by atoms with Crippen molar-refractivity contribution >= 4 is 23.4 Å². The molecule has 106 valence electrons. The molecule has 0 bridgehead atoms. The number of hydrogen-bond acceptors (Lipinski definition) is 6. The topological polar surface area (TPSA) is 59.1 Å². The van der Waals surface area contributed by atoms with Crippen molar-refractivity contribution in [2.75, 3.05) is 37.1 Å². The van der Waals surface area contributed by atoms with Gasteiger partial charge in [-0.2, -0.15) is 0 Å². The predicted octanol–water partition coefficient (Wildman–Crippen LogP) is 2.47. The number of hydrogen-bond donors (Lipinski definition) is 2. The summed E-state index contributed by atoms with van der Waals surface area (Å²) < 4.78 is 5.70. The average Bonchev–Trinajstić information content (AvgIpc) is 2.92. The van der Waals surface area contributed by atoms with E-state index in [1.165, 1.54) is 0 Å². The summed E-state index contributed by atoms with van der Waals surface area (Å²) in [5.74, 6) is 2.30. The molecule has 2 rings (SSSR count). The molecule has 0 aromatic carbocycles. The third-order valence-electron chi connectivity index (χ3n) is 3.44. The van der Waals surface area contributed by atoms with Gasteiger partial charge < -0.3 is 15.4 Å². The van der Waals surface area contributed by atoms with Crippen LogP contribution in [0.25, 0.3) is 0 Å². The van der Waals surface area contributed by atoms with E-state index in [0.29, 0.717) is 12.0 Å². The third kappa shape index (κ3) is 3.73. The minimum atomic E-state index is 0.387. The zero-order valence-electron chi connectivity index (χ0n) is 11.8. The molecule has 6 heteroatoms. The van der Waals surface area contributed by atoms with Gasteiger partial charge in [-0.25, -0.2) is 9.97 Å². The van der Waals surface area contributed by atoms with E-state index in [4.69, 9.17) is 4.74 Å².